The minimum Gasteiger partial charge on any atom is -0.494 e. The summed E-state index contributed by atoms with van der Waals surface area (Å²) >= 11 is 0. The number of hydrogen-bond donors (Lipinski definition) is 1. The van der Waals surface area contributed by atoms with E-state index in [0.717, 1.165) is 43.7 Å². The van der Waals surface area contributed by atoms with Crippen molar-refractivity contribution in [2.75, 3.05) is 25.0 Å². The molecule has 2 heterocycles. The number of urea groups is 1. The van der Waals surface area contributed by atoms with Crippen LogP contribution in [0.5, 0.6) is 5.75 Å². The van der Waals surface area contributed by atoms with Crippen LogP contribution in [0.2, 0.25) is 0 Å². The van der Waals surface area contributed by atoms with Crippen LogP contribution in [0.4, 0.5) is 10.5 Å². The molecule has 28 heavy (non-hydrogen) atoms. The van der Waals surface area contributed by atoms with E-state index in [1.54, 1.807) is 0 Å². The number of nitrogens with one attached hydrogen (secondary N) is 1. The number of piperidine rings is 1. The van der Waals surface area contributed by atoms with Gasteiger partial charge in [0.15, 0.2) is 0 Å². The highest BCUT2D eigenvalue weighted by Gasteiger charge is 2.27. The summed E-state index contributed by atoms with van der Waals surface area (Å²) in [5.74, 6) is 2.66. The third-order valence-electron chi connectivity index (χ3n) is 4.95. The lowest BCUT2D eigenvalue weighted by Crippen LogP contribution is -2.40. The normalized spacial score (nSPS) is 15.1. The molecule has 1 aromatic carbocycles. The minimum atomic E-state index is -0.0773. The van der Waals surface area contributed by atoms with E-state index < -0.39 is 0 Å². The molecule has 1 saturated heterocycles. The zero-order valence-electron chi connectivity index (χ0n) is 17.0. The summed E-state index contributed by atoms with van der Waals surface area (Å²) < 4.78 is 11.4. The van der Waals surface area contributed by atoms with Crippen LogP contribution in [0, 0.1) is 0 Å². The molecule has 1 aliphatic rings. The highest BCUT2D eigenvalue weighted by molar-refractivity contribution is 5.89. The summed E-state index contributed by atoms with van der Waals surface area (Å²) in [5.41, 5.74) is 0.772. The van der Waals surface area contributed by atoms with E-state index in [1.165, 1.54) is 0 Å². The first-order chi connectivity index (χ1) is 13.6. The molecule has 0 unspecified atom stereocenters. The quantitative estimate of drug-likeness (QED) is 0.693. The fourth-order valence-corrected chi connectivity index (χ4v) is 3.15. The van der Waals surface area contributed by atoms with Crippen LogP contribution in [0.15, 0.2) is 28.7 Å². The second-order valence-corrected chi connectivity index (χ2v) is 7.55. The van der Waals surface area contributed by atoms with Crippen LogP contribution in [0.1, 0.15) is 70.1 Å². The van der Waals surface area contributed by atoms with E-state index in [-0.39, 0.29) is 17.9 Å². The number of unbranched alkanes of at least 4 members (excludes halogenated alkanes) is 1. The fraction of sp³-hybridized carbons (Fsp3) is 0.571. The molecule has 1 aliphatic heterocycles. The van der Waals surface area contributed by atoms with Crippen molar-refractivity contribution in [2.45, 2.75) is 58.3 Å². The smallest absolute Gasteiger partial charge is 0.321 e. The van der Waals surface area contributed by atoms with Gasteiger partial charge < -0.3 is 19.4 Å². The number of nitrogens with zero attached hydrogens (tertiary/aromatic N) is 3. The molecular formula is C21H30N4O3. The van der Waals surface area contributed by atoms with Crippen molar-refractivity contribution in [2.24, 2.45) is 0 Å². The Bertz CT molecular complexity index is 749. The van der Waals surface area contributed by atoms with E-state index in [1.807, 2.05) is 43.0 Å². The van der Waals surface area contributed by atoms with Crippen LogP contribution in [-0.4, -0.2) is 40.8 Å². The van der Waals surface area contributed by atoms with Crippen molar-refractivity contribution in [3.8, 4) is 5.75 Å². The predicted molar refractivity (Wildman–Crippen MR) is 108 cm³/mol. The van der Waals surface area contributed by atoms with Crippen molar-refractivity contribution in [1.29, 1.82) is 0 Å². The number of likely N-dealkylation sites (tertiary alicyclic amines) is 1. The standard InChI is InChI=1S/C21H30N4O3/c1-4-5-14-27-18-8-6-17(7-9-18)22-21(26)25-12-10-16(11-13-25)20-24-23-19(28-20)15(2)3/h6-9,15-16H,4-5,10-14H2,1-3H3,(H,22,26). The van der Waals surface area contributed by atoms with E-state index in [0.29, 0.717) is 24.9 Å². The topological polar surface area (TPSA) is 80.5 Å². The lowest BCUT2D eigenvalue weighted by Gasteiger charge is -2.30. The monoisotopic (exact) mass is 386 g/mol. The SMILES string of the molecule is CCCCOc1ccc(NC(=O)N2CCC(c3nnc(C(C)C)o3)CC2)cc1. The lowest BCUT2D eigenvalue weighted by atomic mass is 9.97. The zero-order valence-corrected chi connectivity index (χ0v) is 17.0. The number of carbonyl (C=O) groups excluding carboxylic acids is 1. The predicted octanol–water partition coefficient (Wildman–Crippen LogP) is 4.78. The fourth-order valence-electron chi connectivity index (χ4n) is 3.15. The summed E-state index contributed by atoms with van der Waals surface area (Å²) in [4.78, 5) is 14.4. The van der Waals surface area contributed by atoms with E-state index in [4.69, 9.17) is 9.15 Å². The van der Waals surface area contributed by atoms with Gasteiger partial charge in [-0.15, -0.1) is 10.2 Å². The second kappa shape index (κ2) is 9.57. The summed E-state index contributed by atoms with van der Waals surface area (Å²) in [6, 6.07) is 7.44. The minimum absolute atomic E-state index is 0.0773. The maximum atomic E-state index is 12.5. The van der Waals surface area contributed by atoms with Crippen molar-refractivity contribution >= 4 is 11.7 Å². The average Bonchev–Trinajstić information content (AvgIpc) is 3.20. The Kier molecular flexibility index (Phi) is 6.90. The van der Waals surface area contributed by atoms with Crippen LogP contribution >= 0.6 is 0 Å². The van der Waals surface area contributed by atoms with Crippen LogP contribution in [0.3, 0.4) is 0 Å². The third kappa shape index (κ3) is 5.24. The molecular weight excluding hydrogens is 356 g/mol. The number of amides is 2. The molecule has 0 bridgehead atoms. The van der Waals surface area contributed by atoms with Crippen LogP contribution < -0.4 is 10.1 Å². The van der Waals surface area contributed by atoms with Gasteiger partial charge >= 0.3 is 6.03 Å². The maximum Gasteiger partial charge on any atom is 0.321 e. The molecule has 3 rings (SSSR count). The molecule has 2 aromatic rings. The van der Waals surface area contributed by atoms with Gasteiger partial charge in [0.1, 0.15) is 5.75 Å². The number of carbonyl (C=O) groups is 1. The van der Waals surface area contributed by atoms with Crippen molar-refractivity contribution in [1.82, 2.24) is 15.1 Å². The van der Waals surface area contributed by atoms with E-state index >= 15 is 0 Å². The zero-order chi connectivity index (χ0) is 19.9. The largest absolute Gasteiger partial charge is 0.494 e. The molecule has 7 heteroatoms. The highest BCUT2D eigenvalue weighted by atomic mass is 16.5. The first kappa shape index (κ1) is 20.2. The van der Waals surface area contributed by atoms with Crippen molar-refractivity contribution in [3.05, 3.63) is 36.0 Å². The van der Waals surface area contributed by atoms with Crippen molar-refractivity contribution < 1.29 is 13.9 Å². The first-order valence-corrected chi connectivity index (χ1v) is 10.2. The maximum absolute atomic E-state index is 12.5. The van der Waals surface area contributed by atoms with Gasteiger partial charge in [-0.3, -0.25) is 0 Å². The number of aromatic nitrogens is 2. The molecule has 1 aromatic heterocycles. The molecule has 1 fully saturated rings. The van der Waals surface area contributed by atoms with Gasteiger partial charge in [0.05, 0.1) is 6.61 Å². The molecule has 1 N–H and O–H groups in total. The van der Waals surface area contributed by atoms with Crippen LogP contribution in [-0.2, 0) is 0 Å². The second-order valence-electron chi connectivity index (χ2n) is 7.55. The molecule has 0 atom stereocenters. The molecule has 0 radical (unpaired) electrons. The van der Waals surface area contributed by atoms with Crippen LogP contribution in [0.25, 0.3) is 0 Å². The Labute approximate surface area is 166 Å². The van der Waals surface area contributed by atoms with Crippen molar-refractivity contribution in [3.63, 3.8) is 0 Å². The highest BCUT2D eigenvalue weighted by Crippen LogP contribution is 2.28. The average molecular weight is 386 g/mol. The summed E-state index contributed by atoms with van der Waals surface area (Å²) in [6.45, 7) is 8.27. The molecule has 0 saturated carbocycles. The first-order valence-electron chi connectivity index (χ1n) is 10.2. The summed E-state index contributed by atoms with van der Waals surface area (Å²) in [6.07, 6.45) is 3.81. The Morgan fingerprint density at radius 2 is 1.96 bits per heavy atom. The van der Waals surface area contributed by atoms with Gasteiger partial charge in [0.2, 0.25) is 11.8 Å². The molecule has 0 spiro atoms. The number of hydrogen-bond acceptors (Lipinski definition) is 5. The number of benzene rings is 1. The van der Waals surface area contributed by atoms with Gasteiger partial charge in [0, 0.05) is 30.6 Å². The lowest BCUT2D eigenvalue weighted by molar-refractivity contribution is 0.189. The van der Waals surface area contributed by atoms with Gasteiger partial charge in [-0.2, -0.15) is 0 Å². The number of ether oxygens (including phenoxy) is 1. The van der Waals surface area contributed by atoms with Gasteiger partial charge in [-0.1, -0.05) is 27.2 Å². The number of rotatable bonds is 7. The summed E-state index contributed by atoms with van der Waals surface area (Å²) in [7, 11) is 0. The van der Waals surface area contributed by atoms with E-state index in [2.05, 4.69) is 22.4 Å². The Hall–Kier alpha value is -2.57. The van der Waals surface area contributed by atoms with Gasteiger partial charge in [0.25, 0.3) is 0 Å². The Morgan fingerprint density at radius 3 is 2.57 bits per heavy atom. The molecule has 2 amide bonds. The third-order valence-corrected chi connectivity index (χ3v) is 4.95. The van der Waals surface area contributed by atoms with Gasteiger partial charge in [-0.05, 0) is 43.5 Å². The molecule has 0 aliphatic carbocycles. The van der Waals surface area contributed by atoms with Gasteiger partial charge in [-0.25, -0.2) is 4.79 Å². The summed E-state index contributed by atoms with van der Waals surface area (Å²) in [5, 5.41) is 11.3. The molecule has 7 nitrogen and oxygen atoms in total. The Morgan fingerprint density at radius 1 is 1.25 bits per heavy atom. The van der Waals surface area contributed by atoms with E-state index in [9.17, 15) is 4.79 Å². The molecule has 152 valence electrons. The number of anilines is 1. The Balaban J connectivity index is 1.47.